The molecule has 0 N–H and O–H groups in total. The number of aryl methyl sites for hydroxylation is 1. The zero-order valence-corrected chi connectivity index (χ0v) is 9.24. The minimum atomic E-state index is -4.84. The van der Waals surface area contributed by atoms with E-state index in [1.54, 1.807) is 18.4 Å². The van der Waals surface area contributed by atoms with Crippen molar-refractivity contribution in [1.82, 2.24) is 0 Å². The number of thiophene rings is 1. The molecule has 0 amide bonds. The van der Waals surface area contributed by atoms with E-state index in [9.17, 15) is 22.8 Å². The van der Waals surface area contributed by atoms with Crippen LogP contribution in [0.3, 0.4) is 0 Å². The first kappa shape index (κ1) is 12.9. The van der Waals surface area contributed by atoms with Crippen molar-refractivity contribution in [1.29, 1.82) is 0 Å². The smallest absolute Gasteiger partial charge is 0.293 e. The number of hydrogen-bond donors (Lipinski definition) is 0. The second-order valence-electron chi connectivity index (χ2n) is 3.33. The highest BCUT2D eigenvalue weighted by Crippen LogP contribution is 2.21. The summed E-state index contributed by atoms with van der Waals surface area (Å²) < 4.78 is 35.5. The van der Waals surface area contributed by atoms with Crippen LogP contribution in [-0.2, 0) is 4.79 Å². The van der Waals surface area contributed by atoms with Crippen LogP contribution in [0.1, 0.15) is 28.1 Å². The molecule has 0 aliphatic heterocycles. The summed E-state index contributed by atoms with van der Waals surface area (Å²) in [5.41, 5.74) is 0.885. The molecule has 0 saturated carbocycles. The van der Waals surface area contributed by atoms with Crippen molar-refractivity contribution in [3.05, 3.63) is 21.9 Å². The average Bonchev–Trinajstić information content (AvgIpc) is 2.59. The normalized spacial score (nSPS) is 11.5. The Kier molecular flexibility index (Phi) is 3.85. The first-order valence-electron chi connectivity index (χ1n) is 4.49. The molecule has 0 atom stereocenters. The van der Waals surface area contributed by atoms with Crippen molar-refractivity contribution in [2.75, 3.05) is 0 Å². The Morgan fingerprint density at radius 1 is 1.31 bits per heavy atom. The van der Waals surface area contributed by atoms with Gasteiger partial charge < -0.3 is 0 Å². The molecule has 88 valence electrons. The Balaban J connectivity index is 2.51. The molecular weight excluding hydrogens is 241 g/mol. The molecule has 1 heterocycles. The maximum Gasteiger partial charge on any atom is 0.449 e. The van der Waals surface area contributed by atoms with Crippen LogP contribution in [0.25, 0.3) is 0 Å². The summed E-state index contributed by atoms with van der Waals surface area (Å²) in [6.45, 7) is 1.79. The van der Waals surface area contributed by atoms with Gasteiger partial charge in [0.25, 0.3) is 0 Å². The van der Waals surface area contributed by atoms with Gasteiger partial charge in [0, 0.05) is 12.8 Å². The van der Waals surface area contributed by atoms with E-state index >= 15 is 0 Å². The third kappa shape index (κ3) is 3.44. The van der Waals surface area contributed by atoms with Crippen LogP contribution in [0.5, 0.6) is 0 Å². The second-order valence-corrected chi connectivity index (χ2v) is 4.24. The first-order chi connectivity index (χ1) is 7.30. The minimum Gasteiger partial charge on any atom is -0.293 e. The molecule has 0 bridgehead atoms. The third-order valence-corrected chi connectivity index (χ3v) is 2.99. The maximum absolute atomic E-state index is 11.8. The molecule has 0 unspecified atom stereocenters. The fourth-order valence-corrected chi connectivity index (χ4v) is 1.94. The molecular formula is C10H9F3O2S. The molecule has 1 aromatic heterocycles. The highest BCUT2D eigenvalue weighted by molar-refractivity contribution is 7.12. The Labute approximate surface area is 94.1 Å². The number of halogens is 3. The van der Waals surface area contributed by atoms with Crippen molar-refractivity contribution in [3.8, 4) is 0 Å². The lowest BCUT2D eigenvalue weighted by Crippen LogP contribution is -2.23. The molecule has 2 nitrogen and oxygen atoms in total. The summed E-state index contributed by atoms with van der Waals surface area (Å²) in [7, 11) is 0. The SMILES string of the molecule is Cc1csc(C(=O)CCC(=O)C(F)(F)F)c1. The van der Waals surface area contributed by atoms with E-state index in [1.807, 2.05) is 0 Å². The molecule has 6 heteroatoms. The van der Waals surface area contributed by atoms with Crippen molar-refractivity contribution in [2.24, 2.45) is 0 Å². The van der Waals surface area contributed by atoms with Crippen LogP contribution in [0.4, 0.5) is 13.2 Å². The highest BCUT2D eigenvalue weighted by atomic mass is 32.1. The van der Waals surface area contributed by atoms with E-state index in [4.69, 9.17) is 0 Å². The summed E-state index contributed by atoms with van der Waals surface area (Å²) in [6.07, 6.45) is -6.01. The van der Waals surface area contributed by atoms with Gasteiger partial charge in [0.1, 0.15) is 0 Å². The fourth-order valence-electron chi connectivity index (χ4n) is 1.07. The largest absolute Gasteiger partial charge is 0.449 e. The number of alkyl halides is 3. The summed E-state index contributed by atoms with van der Waals surface area (Å²) in [5, 5.41) is 1.73. The monoisotopic (exact) mass is 250 g/mol. The van der Waals surface area contributed by atoms with E-state index in [2.05, 4.69) is 0 Å². The van der Waals surface area contributed by atoms with Gasteiger partial charge in [-0.15, -0.1) is 11.3 Å². The van der Waals surface area contributed by atoms with Gasteiger partial charge in [-0.25, -0.2) is 0 Å². The molecule has 0 aromatic carbocycles. The predicted molar refractivity (Wildman–Crippen MR) is 53.7 cm³/mol. The standard InChI is InChI=1S/C10H9F3O2S/c1-6-4-8(16-5-6)7(14)2-3-9(15)10(11,12)13/h4-5H,2-3H2,1H3. The lowest BCUT2D eigenvalue weighted by molar-refractivity contribution is -0.170. The van der Waals surface area contributed by atoms with E-state index in [0.717, 1.165) is 5.56 Å². The molecule has 0 fully saturated rings. The zero-order chi connectivity index (χ0) is 12.3. The molecule has 0 aliphatic rings. The Morgan fingerprint density at radius 2 is 1.94 bits per heavy atom. The Hall–Kier alpha value is -1.17. The van der Waals surface area contributed by atoms with E-state index in [-0.39, 0.29) is 0 Å². The minimum absolute atomic E-state index is 0.391. The van der Waals surface area contributed by atoms with Crippen LogP contribution in [0.2, 0.25) is 0 Å². The Bertz CT molecular complexity index is 406. The van der Waals surface area contributed by atoms with Crippen LogP contribution >= 0.6 is 11.3 Å². The second kappa shape index (κ2) is 4.78. The number of rotatable bonds is 4. The quantitative estimate of drug-likeness (QED) is 0.769. The molecule has 0 saturated heterocycles. The van der Waals surface area contributed by atoms with Gasteiger partial charge >= 0.3 is 6.18 Å². The van der Waals surface area contributed by atoms with Gasteiger partial charge in [-0.1, -0.05) is 0 Å². The lowest BCUT2D eigenvalue weighted by atomic mass is 10.1. The van der Waals surface area contributed by atoms with Gasteiger partial charge in [-0.2, -0.15) is 13.2 Å². The van der Waals surface area contributed by atoms with Gasteiger partial charge in [-0.3, -0.25) is 9.59 Å². The van der Waals surface area contributed by atoms with Crippen molar-refractivity contribution in [3.63, 3.8) is 0 Å². The summed E-state index contributed by atoms with van der Waals surface area (Å²) in [4.78, 5) is 22.3. The number of carbonyl (C=O) groups excluding carboxylic acids is 2. The number of carbonyl (C=O) groups is 2. The van der Waals surface area contributed by atoms with Gasteiger partial charge in [0.2, 0.25) is 5.78 Å². The highest BCUT2D eigenvalue weighted by Gasteiger charge is 2.37. The molecule has 0 spiro atoms. The van der Waals surface area contributed by atoms with Crippen molar-refractivity contribution in [2.45, 2.75) is 25.9 Å². The Morgan fingerprint density at radius 3 is 2.38 bits per heavy atom. The van der Waals surface area contributed by atoms with Gasteiger partial charge in [0.05, 0.1) is 4.88 Å². The molecule has 0 radical (unpaired) electrons. The fraction of sp³-hybridized carbons (Fsp3) is 0.400. The average molecular weight is 250 g/mol. The third-order valence-electron chi connectivity index (χ3n) is 1.90. The van der Waals surface area contributed by atoms with Crippen molar-refractivity contribution < 1.29 is 22.8 Å². The van der Waals surface area contributed by atoms with Crippen molar-refractivity contribution >= 4 is 22.9 Å². The summed E-state index contributed by atoms with van der Waals surface area (Å²) in [6, 6.07) is 1.60. The molecule has 16 heavy (non-hydrogen) atoms. The number of ketones is 2. The molecule has 1 rings (SSSR count). The van der Waals surface area contributed by atoms with Gasteiger partial charge in [0.15, 0.2) is 5.78 Å². The van der Waals surface area contributed by atoms with E-state index in [0.29, 0.717) is 4.88 Å². The van der Waals surface area contributed by atoms with E-state index < -0.39 is 30.6 Å². The molecule has 0 aliphatic carbocycles. The van der Waals surface area contributed by atoms with E-state index in [1.165, 1.54) is 11.3 Å². The van der Waals surface area contributed by atoms with Crippen LogP contribution < -0.4 is 0 Å². The predicted octanol–water partition coefficient (Wildman–Crippen LogP) is 3.15. The zero-order valence-electron chi connectivity index (χ0n) is 8.43. The molecule has 1 aromatic rings. The first-order valence-corrected chi connectivity index (χ1v) is 5.37. The lowest BCUT2D eigenvalue weighted by Gasteiger charge is -2.03. The van der Waals surface area contributed by atoms with Gasteiger partial charge in [-0.05, 0) is 23.9 Å². The number of hydrogen-bond acceptors (Lipinski definition) is 3. The van der Waals surface area contributed by atoms with Crippen LogP contribution in [-0.4, -0.2) is 17.7 Å². The van der Waals surface area contributed by atoms with Crippen LogP contribution in [0, 0.1) is 6.92 Å². The topological polar surface area (TPSA) is 34.1 Å². The number of Topliss-reactive ketones (excluding diaryl/α,β-unsaturated/α-hetero) is 2. The summed E-state index contributed by atoms with van der Waals surface area (Å²) >= 11 is 1.17. The summed E-state index contributed by atoms with van der Waals surface area (Å²) in [5.74, 6) is -2.27. The van der Waals surface area contributed by atoms with Crippen LogP contribution in [0.15, 0.2) is 11.4 Å². The maximum atomic E-state index is 11.8.